The van der Waals surface area contributed by atoms with Gasteiger partial charge in [-0.3, -0.25) is 9.78 Å². The fraction of sp³-hybridized carbons (Fsp3) is 0.143. The molecule has 0 spiro atoms. The van der Waals surface area contributed by atoms with E-state index >= 15 is 0 Å². The molecule has 0 atom stereocenters. The first kappa shape index (κ1) is 13.1. The average molecular weight is 278 g/mol. The van der Waals surface area contributed by atoms with Crippen LogP contribution in [0.25, 0.3) is 0 Å². The van der Waals surface area contributed by atoms with Crippen molar-refractivity contribution in [1.29, 1.82) is 0 Å². The predicted molar refractivity (Wildman–Crippen MR) is 75.3 cm³/mol. The van der Waals surface area contributed by atoms with E-state index in [1.807, 2.05) is 30.3 Å². The summed E-state index contributed by atoms with van der Waals surface area (Å²) in [4.78, 5) is 16.2. The number of Topliss-reactive ketones (excluding diaryl/α,β-unsaturated/α-hetero) is 1. The van der Waals surface area contributed by atoms with Crippen LogP contribution in [0.4, 0.5) is 0 Å². The van der Waals surface area contributed by atoms with Gasteiger partial charge in [0.2, 0.25) is 0 Å². The lowest BCUT2D eigenvalue weighted by molar-refractivity contribution is 0.101. The maximum absolute atomic E-state index is 11.1. The van der Waals surface area contributed by atoms with Crippen LogP contribution >= 0.6 is 23.4 Å². The lowest BCUT2D eigenvalue weighted by Gasteiger charge is -2.04. The van der Waals surface area contributed by atoms with E-state index in [2.05, 4.69) is 4.98 Å². The van der Waals surface area contributed by atoms with Gasteiger partial charge in [0, 0.05) is 28.8 Å². The van der Waals surface area contributed by atoms with Crippen LogP contribution in [-0.4, -0.2) is 10.8 Å². The maximum Gasteiger partial charge on any atom is 0.178 e. The minimum Gasteiger partial charge on any atom is -0.293 e. The lowest BCUT2D eigenvalue weighted by Crippen LogP contribution is -1.95. The molecule has 2 nitrogen and oxygen atoms in total. The summed E-state index contributed by atoms with van der Waals surface area (Å²) in [6.07, 6.45) is 1.72. The molecule has 0 saturated carbocycles. The number of hydrogen-bond acceptors (Lipinski definition) is 3. The van der Waals surface area contributed by atoms with Gasteiger partial charge in [-0.15, -0.1) is 11.8 Å². The molecule has 1 aromatic carbocycles. The minimum atomic E-state index is -0.0161. The van der Waals surface area contributed by atoms with E-state index in [0.29, 0.717) is 5.69 Å². The number of carbonyl (C=O) groups excluding carboxylic acids is 1. The number of benzene rings is 1. The van der Waals surface area contributed by atoms with Gasteiger partial charge in [0.15, 0.2) is 5.78 Å². The largest absolute Gasteiger partial charge is 0.293 e. The summed E-state index contributed by atoms with van der Waals surface area (Å²) in [6, 6.07) is 11.4. The van der Waals surface area contributed by atoms with Crippen molar-refractivity contribution in [1.82, 2.24) is 4.98 Å². The van der Waals surface area contributed by atoms with Gasteiger partial charge in [-0.1, -0.05) is 29.8 Å². The first-order valence-corrected chi connectivity index (χ1v) is 6.86. The Labute approximate surface area is 115 Å². The van der Waals surface area contributed by atoms with Crippen LogP contribution in [0, 0.1) is 0 Å². The summed E-state index contributed by atoms with van der Waals surface area (Å²) >= 11 is 7.73. The molecule has 0 aliphatic heterocycles. The first-order valence-electron chi connectivity index (χ1n) is 5.50. The van der Waals surface area contributed by atoms with Gasteiger partial charge in [-0.05, 0) is 23.8 Å². The van der Waals surface area contributed by atoms with Crippen molar-refractivity contribution in [2.75, 3.05) is 0 Å². The van der Waals surface area contributed by atoms with Gasteiger partial charge >= 0.3 is 0 Å². The SMILES string of the molecule is CC(=O)c1ccc(SCc2ccccc2Cl)cn1. The monoisotopic (exact) mass is 277 g/mol. The summed E-state index contributed by atoms with van der Waals surface area (Å²) in [6.45, 7) is 1.51. The first-order chi connectivity index (χ1) is 8.66. The zero-order valence-corrected chi connectivity index (χ0v) is 11.5. The fourth-order valence-electron chi connectivity index (χ4n) is 1.45. The van der Waals surface area contributed by atoms with E-state index in [1.165, 1.54) is 6.92 Å². The van der Waals surface area contributed by atoms with Crippen LogP contribution in [0.3, 0.4) is 0 Å². The van der Waals surface area contributed by atoms with Crippen LogP contribution in [0.15, 0.2) is 47.5 Å². The number of aromatic nitrogens is 1. The number of thioether (sulfide) groups is 1. The van der Waals surface area contributed by atoms with E-state index in [4.69, 9.17) is 11.6 Å². The van der Waals surface area contributed by atoms with Crippen molar-refractivity contribution in [2.45, 2.75) is 17.6 Å². The van der Waals surface area contributed by atoms with Crippen LogP contribution in [0.1, 0.15) is 23.0 Å². The molecule has 0 amide bonds. The molecular formula is C14H12ClNOS. The second kappa shape index (κ2) is 6.03. The van der Waals surface area contributed by atoms with E-state index in [9.17, 15) is 4.79 Å². The molecule has 1 aromatic heterocycles. The quantitative estimate of drug-likeness (QED) is 0.619. The number of nitrogens with zero attached hydrogens (tertiary/aromatic N) is 1. The van der Waals surface area contributed by atoms with Crippen molar-refractivity contribution >= 4 is 29.1 Å². The number of halogens is 1. The third-order valence-electron chi connectivity index (χ3n) is 2.45. The number of carbonyl (C=O) groups is 1. The van der Waals surface area contributed by atoms with Gasteiger partial charge in [0.05, 0.1) is 0 Å². The van der Waals surface area contributed by atoms with Crippen molar-refractivity contribution in [3.05, 3.63) is 58.9 Å². The number of rotatable bonds is 4. The molecule has 0 aliphatic rings. The second-order valence-electron chi connectivity index (χ2n) is 3.82. The molecule has 4 heteroatoms. The van der Waals surface area contributed by atoms with E-state index < -0.39 is 0 Å². The van der Waals surface area contributed by atoms with Crippen LogP contribution in [-0.2, 0) is 5.75 Å². The molecule has 0 unspecified atom stereocenters. The molecule has 18 heavy (non-hydrogen) atoms. The zero-order valence-electron chi connectivity index (χ0n) is 9.89. The number of hydrogen-bond donors (Lipinski definition) is 0. The molecule has 0 bridgehead atoms. The Morgan fingerprint density at radius 3 is 2.67 bits per heavy atom. The van der Waals surface area contributed by atoms with Gasteiger partial charge in [0.1, 0.15) is 5.69 Å². The highest BCUT2D eigenvalue weighted by molar-refractivity contribution is 7.98. The topological polar surface area (TPSA) is 30.0 Å². The van der Waals surface area contributed by atoms with E-state index in [0.717, 1.165) is 21.2 Å². The Balaban J connectivity index is 2.02. The maximum atomic E-state index is 11.1. The molecule has 0 N–H and O–H groups in total. The number of pyridine rings is 1. The highest BCUT2D eigenvalue weighted by atomic mass is 35.5. The Morgan fingerprint density at radius 2 is 2.06 bits per heavy atom. The molecule has 2 aromatic rings. The van der Waals surface area contributed by atoms with Crippen molar-refractivity contribution in [2.24, 2.45) is 0 Å². The fourth-order valence-corrected chi connectivity index (χ4v) is 2.60. The predicted octanol–water partition coefficient (Wildman–Crippen LogP) is 4.23. The van der Waals surface area contributed by atoms with Crippen LogP contribution in [0.5, 0.6) is 0 Å². The lowest BCUT2D eigenvalue weighted by atomic mass is 10.2. The van der Waals surface area contributed by atoms with Gasteiger partial charge in [-0.25, -0.2) is 0 Å². The number of ketones is 1. The highest BCUT2D eigenvalue weighted by Gasteiger charge is 2.03. The molecule has 92 valence electrons. The van der Waals surface area contributed by atoms with Crippen molar-refractivity contribution in [3.8, 4) is 0 Å². The summed E-state index contributed by atoms with van der Waals surface area (Å²) in [5.41, 5.74) is 1.59. The molecule has 1 heterocycles. The Bertz CT molecular complexity index is 554. The van der Waals surface area contributed by atoms with Gasteiger partial charge in [0.25, 0.3) is 0 Å². The van der Waals surface area contributed by atoms with E-state index in [1.54, 1.807) is 24.0 Å². The second-order valence-corrected chi connectivity index (χ2v) is 5.27. The summed E-state index contributed by atoms with van der Waals surface area (Å²) < 4.78 is 0. The summed E-state index contributed by atoms with van der Waals surface area (Å²) in [5, 5.41) is 0.776. The molecule has 2 rings (SSSR count). The van der Waals surface area contributed by atoms with Crippen LogP contribution in [0.2, 0.25) is 5.02 Å². The molecule has 0 radical (unpaired) electrons. The van der Waals surface area contributed by atoms with E-state index in [-0.39, 0.29) is 5.78 Å². The standard InChI is InChI=1S/C14H12ClNOS/c1-10(17)14-7-6-12(8-16-14)18-9-11-4-2-3-5-13(11)15/h2-8H,9H2,1H3. The third kappa shape index (κ3) is 3.34. The normalized spacial score (nSPS) is 10.3. The van der Waals surface area contributed by atoms with Crippen molar-refractivity contribution < 1.29 is 4.79 Å². The van der Waals surface area contributed by atoms with Crippen LogP contribution < -0.4 is 0 Å². The Kier molecular flexibility index (Phi) is 4.39. The smallest absolute Gasteiger partial charge is 0.178 e. The summed E-state index contributed by atoms with van der Waals surface area (Å²) in [7, 11) is 0. The van der Waals surface area contributed by atoms with Gasteiger partial charge < -0.3 is 0 Å². The third-order valence-corrected chi connectivity index (χ3v) is 3.85. The van der Waals surface area contributed by atoms with Crippen molar-refractivity contribution in [3.63, 3.8) is 0 Å². The zero-order chi connectivity index (χ0) is 13.0. The molecule has 0 fully saturated rings. The average Bonchev–Trinajstić information content (AvgIpc) is 2.38. The Hall–Kier alpha value is -1.32. The Morgan fingerprint density at radius 1 is 1.28 bits per heavy atom. The minimum absolute atomic E-state index is 0.0161. The molecule has 0 saturated heterocycles. The van der Waals surface area contributed by atoms with Gasteiger partial charge in [-0.2, -0.15) is 0 Å². The summed E-state index contributed by atoms with van der Waals surface area (Å²) in [5.74, 6) is 0.776. The highest BCUT2D eigenvalue weighted by Crippen LogP contribution is 2.26. The molecular weight excluding hydrogens is 266 g/mol. The molecule has 0 aliphatic carbocycles.